The van der Waals surface area contributed by atoms with Crippen LogP contribution in [0.2, 0.25) is 0 Å². The molecule has 0 aromatic heterocycles. The number of halogens is 1. The van der Waals surface area contributed by atoms with Crippen LogP contribution in [0.1, 0.15) is 19.8 Å². The monoisotopic (exact) mass is 219 g/mol. The van der Waals surface area contributed by atoms with E-state index in [1.54, 1.807) is 4.90 Å². The first-order chi connectivity index (χ1) is 6.52. The van der Waals surface area contributed by atoms with Crippen molar-refractivity contribution in [3.63, 3.8) is 0 Å². The molecule has 4 nitrogen and oxygen atoms in total. The minimum absolute atomic E-state index is 0.00133. The van der Waals surface area contributed by atoms with Crippen LogP contribution in [0.5, 0.6) is 0 Å². The average molecular weight is 220 g/mol. The Morgan fingerprint density at radius 2 is 1.93 bits per heavy atom. The van der Waals surface area contributed by atoms with E-state index in [0.717, 1.165) is 0 Å². The van der Waals surface area contributed by atoms with Crippen LogP contribution in [-0.4, -0.2) is 40.9 Å². The number of rotatable bonds is 2. The highest BCUT2D eigenvalue weighted by molar-refractivity contribution is 6.19. The highest BCUT2D eigenvalue weighted by atomic mass is 35.5. The molecule has 1 fully saturated rings. The van der Waals surface area contributed by atoms with Gasteiger partial charge in [0.1, 0.15) is 0 Å². The molecular weight excluding hydrogens is 206 g/mol. The number of carbonyl (C=O) groups excluding carboxylic acids is 1. The molecule has 0 radical (unpaired) electrons. The number of alkyl halides is 1. The smallest absolute Gasteiger partial charge is 0.310 e. The summed E-state index contributed by atoms with van der Waals surface area (Å²) in [5.41, 5.74) is -0.826. The van der Waals surface area contributed by atoms with Crippen LogP contribution in [-0.2, 0) is 9.59 Å². The minimum Gasteiger partial charge on any atom is -0.481 e. The van der Waals surface area contributed by atoms with Crippen molar-refractivity contribution < 1.29 is 14.7 Å². The Kier molecular flexibility index (Phi) is 3.37. The molecule has 0 atom stereocenters. The first-order valence-electron chi connectivity index (χ1n) is 4.57. The molecule has 1 N–H and O–H groups in total. The second kappa shape index (κ2) is 4.17. The predicted molar refractivity (Wildman–Crippen MR) is 52.3 cm³/mol. The third-order valence-electron chi connectivity index (χ3n) is 2.88. The Hall–Kier alpha value is -0.770. The van der Waals surface area contributed by atoms with Crippen molar-refractivity contribution in [1.29, 1.82) is 0 Å². The molecule has 5 heteroatoms. The fourth-order valence-electron chi connectivity index (χ4n) is 1.65. The topological polar surface area (TPSA) is 57.6 Å². The van der Waals surface area contributed by atoms with E-state index in [-0.39, 0.29) is 11.8 Å². The highest BCUT2D eigenvalue weighted by Gasteiger charge is 2.41. The maximum absolute atomic E-state index is 11.0. The van der Waals surface area contributed by atoms with Gasteiger partial charge in [0, 0.05) is 25.9 Å². The molecule has 0 saturated carbocycles. The zero-order valence-electron chi connectivity index (χ0n) is 8.12. The summed E-state index contributed by atoms with van der Waals surface area (Å²) < 4.78 is 0. The van der Waals surface area contributed by atoms with E-state index in [9.17, 15) is 9.59 Å². The first-order valence-corrected chi connectivity index (χ1v) is 5.10. The molecule has 1 rings (SSSR count). The summed E-state index contributed by atoms with van der Waals surface area (Å²) in [6, 6.07) is 0. The second-order valence-electron chi connectivity index (χ2n) is 3.73. The third kappa shape index (κ3) is 2.00. The van der Waals surface area contributed by atoms with Gasteiger partial charge in [-0.1, -0.05) is 0 Å². The number of carboxylic acids is 1. The van der Waals surface area contributed by atoms with Crippen LogP contribution in [0, 0.1) is 5.41 Å². The zero-order valence-corrected chi connectivity index (χ0v) is 8.88. The van der Waals surface area contributed by atoms with Crippen LogP contribution in [0.3, 0.4) is 0 Å². The van der Waals surface area contributed by atoms with Gasteiger partial charge in [0.2, 0.25) is 5.91 Å². The van der Waals surface area contributed by atoms with E-state index >= 15 is 0 Å². The number of aliphatic carboxylic acids is 1. The number of carbonyl (C=O) groups is 2. The molecule has 80 valence electrons. The van der Waals surface area contributed by atoms with Gasteiger partial charge in [0.25, 0.3) is 0 Å². The third-order valence-corrected chi connectivity index (χ3v) is 3.39. The van der Waals surface area contributed by atoms with Gasteiger partial charge in [0.05, 0.1) is 5.41 Å². The number of likely N-dealkylation sites (tertiary alicyclic amines) is 1. The van der Waals surface area contributed by atoms with Crippen molar-refractivity contribution in [2.24, 2.45) is 5.41 Å². The van der Waals surface area contributed by atoms with E-state index < -0.39 is 11.4 Å². The normalized spacial score (nSPS) is 20.6. The van der Waals surface area contributed by atoms with E-state index in [2.05, 4.69) is 0 Å². The maximum Gasteiger partial charge on any atom is 0.310 e. The minimum atomic E-state index is -0.851. The maximum atomic E-state index is 11.0. The van der Waals surface area contributed by atoms with Crippen LogP contribution in [0.4, 0.5) is 0 Å². The molecule has 0 aromatic rings. The quantitative estimate of drug-likeness (QED) is 0.704. The Morgan fingerprint density at radius 3 is 2.21 bits per heavy atom. The van der Waals surface area contributed by atoms with Crippen molar-refractivity contribution in [3.05, 3.63) is 0 Å². The molecule has 0 aromatic carbocycles. The fraction of sp³-hybridized carbons (Fsp3) is 0.778. The molecule has 1 aliphatic heterocycles. The molecule has 1 amide bonds. The summed E-state index contributed by atoms with van der Waals surface area (Å²) in [5, 5.41) is 9.03. The van der Waals surface area contributed by atoms with E-state index in [4.69, 9.17) is 16.7 Å². The lowest BCUT2D eigenvalue weighted by Crippen LogP contribution is -2.46. The standard InChI is InChI=1S/C9H14ClNO3/c1-7(12)11-4-2-9(6-10,3-5-11)8(13)14/h2-6H2,1H3,(H,13,14). The van der Waals surface area contributed by atoms with E-state index in [1.807, 2.05) is 0 Å². The Balaban J connectivity index is 2.64. The number of carboxylic acid groups (broad SMARTS) is 1. The van der Waals surface area contributed by atoms with Crippen molar-refractivity contribution in [2.75, 3.05) is 19.0 Å². The van der Waals surface area contributed by atoms with Gasteiger partial charge in [-0.2, -0.15) is 0 Å². The van der Waals surface area contributed by atoms with Gasteiger partial charge < -0.3 is 10.0 Å². The molecule has 0 unspecified atom stereocenters. The lowest BCUT2D eigenvalue weighted by Gasteiger charge is -2.37. The number of nitrogens with zero attached hydrogens (tertiary/aromatic N) is 1. The lowest BCUT2D eigenvalue weighted by molar-refractivity contribution is -0.152. The van der Waals surface area contributed by atoms with Gasteiger partial charge in [-0.05, 0) is 12.8 Å². The molecule has 0 aliphatic carbocycles. The Bertz CT molecular complexity index is 246. The van der Waals surface area contributed by atoms with Gasteiger partial charge >= 0.3 is 5.97 Å². The predicted octanol–water partition coefficient (Wildman–Crippen LogP) is 0.939. The van der Waals surface area contributed by atoms with Crippen molar-refractivity contribution in [2.45, 2.75) is 19.8 Å². The summed E-state index contributed by atoms with van der Waals surface area (Å²) >= 11 is 5.68. The summed E-state index contributed by atoms with van der Waals surface area (Å²) in [6.45, 7) is 2.48. The second-order valence-corrected chi connectivity index (χ2v) is 3.99. The van der Waals surface area contributed by atoms with Gasteiger partial charge in [-0.3, -0.25) is 9.59 Å². The summed E-state index contributed by atoms with van der Waals surface area (Å²) in [4.78, 5) is 23.7. The molecule has 14 heavy (non-hydrogen) atoms. The van der Waals surface area contributed by atoms with Crippen LogP contribution in [0.25, 0.3) is 0 Å². The van der Waals surface area contributed by atoms with Crippen LogP contribution < -0.4 is 0 Å². The summed E-state index contributed by atoms with van der Waals surface area (Å²) in [5.74, 6) is -0.733. The van der Waals surface area contributed by atoms with Crippen molar-refractivity contribution >= 4 is 23.5 Å². The average Bonchev–Trinajstić information content (AvgIpc) is 2.17. The summed E-state index contributed by atoms with van der Waals surface area (Å²) in [7, 11) is 0. The number of amides is 1. The Morgan fingerprint density at radius 1 is 1.43 bits per heavy atom. The van der Waals surface area contributed by atoms with Crippen LogP contribution >= 0.6 is 11.6 Å². The fourth-order valence-corrected chi connectivity index (χ4v) is 2.04. The molecule has 1 saturated heterocycles. The lowest BCUT2D eigenvalue weighted by atomic mass is 9.80. The molecule has 1 heterocycles. The number of piperidine rings is 1. The highest BCUT2D eigenvalue weighted by Crippen LogP contribution is 2.33. The number of hydrogen-bond donors (Lipinski definition) is 1. The zero-order chi connectivity index (χ0) is 10.8. The Labute approximate surface area is 87.8 Å². The molecular formula is C9H14ClNO3. The van der Waals surface area contributed by atoms with E-state index in [0.29, 0.717) is 25.9 Å². The van der Waals surface area contributed by atoms with Gasteiger partial charge in [0.15, 0.2) is 0 Å². The largest absolute Gasteiger partial charge is 0.481 e. The number of hydrogen-bond acceptors (Lipinski definition) is 2. The molecule has 1 aliphatic rings. The van der Waals surface area contributed by atoms with Gasteiger partial charge in [-0.15, -0.1) is 11.6 Å². The van der Waals surface area contributed by atoms with Crippen LogP contribution in [0.15, 0.2) is 0 Å². The van der Waals surface area contributed by atoms with Gasteiger partial charge in [-0.25, -0.2) is 0 Å². The summed E-state index contributed by atoms with van der Waals surface area (Å²) in [6.07, 6.45) is 0.900. The van der Waals surface area contributed by atoms with Crippen molar-refractivity contribution in [3.8, 4) is 0 Å². The first kappa shape index (κ1) is 11.3. The van der Waals surface area contributed by atoms with Crippen molar-refractivity contribution in [1.82, 2.24) is 4.90 Å². The molecule has 0 bridgehead atoms. The SMILES string of the molecule is CC(=O)N1CCC(CCl)(C(=O)O)CC1. The molecule has 0 spiro atoms. The van der Waals surface area contributed by atoms with E-state index in [1.165, 1.54) is 6.92 Å².